The monoisotopic (exact) mass is 758 g/mol. The molecule has 2 aliphatic carbocycles. The zero-order valence-corrected chi connectivity index (χ0v) is 30.9. The molecule has 0 bridgehead atoms. The maximum Gasteiger partial charge on any atom is 0.316 e. The lowest BCUT2D eigenvalue weighted by molar-refractivity contribution is -0.480. The summed E-state index contributed by atoms with van der Waals surface area (Å²) in [6, 6.07) is -4.76. The highest BCUT2D eigenvalue weighted by Crippen LogP contribution is 2.54. The van der Waals surface area contributed by atoms with Crippen molar-refractivity contribution in [1.29, 1.82) is 0 Å². The van der Waals surface area contributed by atoms with E-state index in [0.29, 0.717) is 12.8 Å². The minimum atomic E-state index is -4.41. The highest BCUT2D eigenvalue weighted by Gasteiger charge is 2.84. The number of Topliss-reactive ketones (excluding diaryl/α,β-unsaturated/α-hetero) is 2. The molecule has 5 amide bonds. The molecule has 1 aliphatic heterocycles. The number of urea groups is 1. The van der Waals surface area contributed by atoms with E-state index in [2.05, 4.69) is 22.5 Å². The first-order valence-electron chi connectivity index (χ1n) is 17.1. The summed E-state index contributed by atoms with van der Waals surface area (Å²) in [6.45, 7) is 12.7. The molecule has 0 aromatic heterocycles. The van der Waals surface area contributed by atoms with Crippen molar-refractivity contribution in [3.8, 4) is 0 Å². The first-order chi connectivity index (χ1) is 23.8. The summed E-state index contributed by atoms with van der Waals surface area (Å²) in [5.41, 5.74) is -4.27. The number of nitrogens with two attached hydrogens (primary N) is 1. The number of carbonyl (C=O) groups is 6. The molecule has 3 aliphatic rings. The van der Waals surface area contributed by atoms with Crippen molar-refractivity contribution >= 4 is 35.3 Å². The second-order valence-corrected chi connectivity index (χ2v) is 16.4. The van der Waals surface area contributed by atoms with E-state index in [9.17, 15) is 69.6 Å². The van der Waals surface area contributed by atoms with E-state index in [1.807, 2.05) is 0 Å². The van der Waals surface area contributed by atoms with Crippen LogP contribution >= 0.6 is 0 Å². The highest BCUT2D eigenvalue weighted by molar-refractivity contribution is 6.39. The Bertz CT molecular complexity index is 1510. The standard InChI is InChI=1S/C33H54N6O14/c1-9-28(34,21(41)23(43)35-17-12-13-17)37-22(42)18-11-10-14-39(18)24(44)20(27(6,7)8)36-25(45)38-29(15-19(40)26(3,4)5)32(50,51)30(46,47)16(2)31(48,49)33(29,52)53/h17-18,20,46-53H,2,9-15,34H2,1,3-8H3,(H,35,43)(H,37,42)(H2,36,38,45). The molecule has 300 valence electrons. The minimum absolute atomic E-state index is 0.0411. The fraction of sp³-hybridized carbons (Fsp3) is 0.758. The van der Waals surface area contributed by atoms with Crippen molar-refractivity contribution < 1.29 is 69.6 Å². The molecule has 0 aromatic carbocycles. The number of hydrogen-bond donors (Lipinski definition) is 13. The normalized spacial score (nSPS) is 24.6. The molecule has 3 fully saturated rings. The molecule has 3 rings (SSSR count). The van der Waals surface area contributed by atoms with E-state index >= 15 is 0 Å². The zero-order valence-electron chi connectivity index (χ0n) is 30.9. The van der Waals surface area contributed by atoms with Gasteiger partial charge in [-0.2, -0.15) is 0 Å². The largest absolute Gasteiger partial charge is 0.359 e. The van der Waals surface area contributed by atoms with E-state index in [0.717, 1.165) is 4.90 Å². The third-order valence-electron chi connectivity index (χ3n) is 10.2. The molecule has 0 aromatic rings. The molecule has 20 heteroatoms. The van der Waals surface area contributed by atoms with Crippen molar-refractivity contribution in [3.05, 3.63) is 12.2 Å². The highest BCUT2D eigenvalue weighted by atomic mass is 16.6. The van der Waals surface area contributed by atoms with Gasteiger partial charge >= 0.3 is 6.03 Å². The van der Waals surface area contributed by atoms with Crippen molar-refractivity contribution in [1.82, 2.24) is 26.2 Å². The molecule has 14 N–H and O–H groups in total. The Hall–Kier alpha value is -3.60. The van der Waals surface area contributed by atoms with Crippen molar-refractivity contribution in [3.63, 3.8) is 0 Å². The SMILES string of the molecule is C=C1C(O)(O)C(O)(O)C(CC(=O)C(C)(C)C)(NC(=O)NC(C(=O)N2CCCC2C(=O)NC(N)(CC)C(=O)C(=O)NC2CC2)C(C)(C)C)C(O)(O)C1(O)O. The fourth-order valence-electron chi connectivity index (χ4n) is 6.24. The molecule has 53 heavy (non-hydrogen) atoms. The third-order valence-corrected chi connectivity index (χ3v) is 10.2. The number of likely N-dealkylation sites (tertiary alicyclic amines) is 1. The first-order valence-corrected chi connectivity index (χ1v) is 17.1. The summed E-state index contributed by atoms with van der Waals surface area (Å²) >= 11 is 0. The average molecular weight is 759 g/mol. The van der Waals surface area contributed by atoms with Gasteiger partial charge in [-0.1, -0.05) is 55.0 Å². The predicted molar refractivity (Wildman–Crippen MR) is 181 cm³/mol. The van der Waals surface area contributed by atoms with Crippen LogP contribution in [0, 0.1) is 10.8 Å². The van der Waals surface area contributed by atoms with Crippen LogP contribution in [0.1, 0.15) is 87.0 Å². The van der Waals surface area contributed by atoms with E-state index in [4.69, 9.17) is 5.73 Å². The molecular formula is C33H54N6O14. The topological polar surface area (TPSA) is 342 Å². The molecule has 3 unspecified atom stereocenters. The molecule has 3 atom stereocenters. The second-order valence-electron chi connectivity index (χ2n) is 16.4. The molecule has 1 heterocycles. The summed E-state index contributed by atoms with van der Waals surface area (Å²) in [5.74, 6) is -22.2. The van der Waals surface area contributed by atoms with Crippen LogP contribution in [-0.4, -0.2) is 140 Å². The summed E-state index contributed by atoms with van der Waals surface area (Å²) < 4.78 is 0. The Balaban J connectivity index is 1.99. The maximum absolute atomic E-state index is 14.2. The predicted octanol–water partition coefficient (Wildman–Crippen LogP) is -4.24. The Morgan fingerprint density at radius 1 is 0.887 bits per heavy atom. The van der Waals surface area contributed by atoms with Crippen LogP contribution in [0.25, 0.3) is 0 Å². The molecule has 0 radical (unpaired) electrons. The Morgan fingerprint density at radius 3 is 1.83 bits per heavy atom. The van der Waals surface area contributed by atoms with Gasteiger partial charge in [0.05, 0.1) is 5.57 Å². The first kappa shape index (κ1) is 43.8. The van der Waals surface area contributed by atoms with Crippen molar-refractivity contribution in [2.75, 3.05) is 6.54 Å². The van der Waals surface area contributed by atoms with E-state index in [1.54, 1.807) is 5.32 Å². The number of ketones is 2. The van der Waals surface area contributed by atoms with Gasteiger partial charge in [0.2, 0.25) is 23.4 Å². The van der Waals surface area contributed by atoms with Crippen LogP contribution < -0.4 is 27.0 Å². The number of nitrogens with zero attached hydrogens (tertiary/aromatic N) is 1. The average Bonchev–Trinajstić information content (AvgIpc) is 3.70. The van der Waals surface area contributed by atoms with Crippen LogP contribution in [-0.2, 0) is 24.0 Å². The molecular weight excluding hydrogens is 704 g/mol. The summed E-state index contributed by atoms with van der Waals surface area (Å²) in [5, 5.41) is 96.5. The van der Waals surface area contributed by atoms with Gasteiger partial charge in [-0.25, -0.2) is 4.79 Å². The third kappa shape index (κ3) is 7.56. The quantitative estimate of drug-likeness (QED) is 0.0539. The van der Waals surface area contributed by atoms with Gasteiger partial charge in [-0.15, -0.1) is 0 Å². The minimum Gasteiger partial charge on any atom is -0.359 e. The van der Waals surface area contributed by atoms with Gasteiger partial charge in [0, 0.05) is 24.4 Å². The van der Waals surface area contributed by atoms with Crippen LogP contribution in [0.15, 0.2) is 12.2 Å². The lowest BCUT2D eigenvalue weighted by atomic mass is 9.60. The smallest absolute Gasteiger partial charge is 0.316 e. The number of amides is 5. The van der Waals surface area contributed by atoms with E-state index in [-0.39, 0.29) is 31.8 Å². The van der Waals surface area contributed by atoms with Crippen LogP contribution in [0.3, 0.4) is 0 Å². The van der Waals surface area contributed by atoms with Gasteiger partial charge in [0.25, 0.3) is 23.3 Å². The lowest BCUT2D eigenvalue weighted by Crippen LogP contribution is -2.92. The van der Waals surface area contributed by atoms with Gasteiger partial charge in [-0.3, -0.25) is 24.0 Å². The maximum atomic E-state index is 14.2. The fourth-order valence-corrected chi connectivity index (χ4v) is 6.24. The van der Waals surface area contributed by atoms with Crippen molar-refractivity contribution in [2.24, 2.45) is 16.6 Å². The van der Waals surface area contributed by atoms with Gasteiger partial charge in [-0.05, 0) is 37.5 Å². The number of hydrogen-bond acceptors (Lipinski definition) is 15. The number of nitrogens with one attached hydrogen (secondary N) is 4. The number of carbonyl (C=O) groups excluding carboxylic acids is 6. The van der Waals surface area contributed by atoms with E-state index < -0.39 is 105 Å². The Kier molecular flexibility index (Phi) is 11.5. The van der Waals surface area contributed by atoms with Crippen LogP contribution in [0.2, 0.25) is 0 Å². The summed E-state index contributed by atoms with van der Waals surface area (Å²) in [7, 11) is 0. The Morgan fingerprint density at radius 2 is 1.40 bits per heavy atom. The van der Waals surface area contributed by atoms with Gasteiger partial charge in [0.1, 0.15) is 17.9 Å². The molecule has 20 nitrogen and oxygen atoms in total. The Labute approximate surface area is 305 Å². The summed E-state index contributed by atoms with van der Waals surface area (Å²) in [6.07, 6.45) is -0.0407. The summed E-state index contributed by atoms with van der Waals surface area (Å²) in [4.78, 5) is 81.3. The second kappa shape index (κ2) is 13.9. The molecule has 0 spiro atoms. The van der Waals surface area contributed by atoms with Crippen LogP contribution in [0.4, 0.5) is 4.79 Å². The number of rotatable bonds is 11. The number of aliphatic hydroxyl groups is 8. The van der Waals surface area contributed by atoms with Gasteiger partial charge in [0.15, 0.2) is 11.2 Å². The zero-order chi connectivity index (χ0) is 41.1. The van der Waals surface area contributed by atoms with E-state index in [1.165, 1.54) is 48.5 Å². The molecule has 1 saturated heterocycles. The van der Waals surface area contributed by atoms with Crippen LogP contribution in [0.5, 0.6) is 0 Å². The van der Waals surface area contributed by atoms with Gasteiger partial charge < -0.3 is 72.8 Å². The lowest BCUT2D eigenvalue weighted by Gasteiger charge is -2.62. The van der Waals surface area contributed by atoms with Crippen molar-refractivity contribution in [2.45, 2.75) is 139 Å². The molecule has 2 saturated carbocycles.